The molecule has 1 aliphatic heterocycles. The Balaban J connectivity index is 2.79. The van der Waals surface area contributed by atoms with E-state index in [0.717, 1.165) is 5.57 Å². The van der Waals surface area contributed by atoms with Gasteiger partial charge in [0.2, 0.25) is 0 Å². The van der Waals surface area contributed by atoms with Crippen molar-refractivity contribution in [2.75, 3.05) is 6.54 Å². The van der Waals surface area contributed by atoms with E-state index in [1.54, 1.807) is 4.90 Å². The first-order valence-corrected chi connectivity index (χ1v) is 5.89. The summed E-state index contributed by atoms with van der Waals surface area (Å²) in [4.78, 5) is 24.4. The summed E-state index contributed by atoms with van der Waals surface area (Å²) in [6.45, 7) is 9.93. The van der Waals surface area contributed by atoms with Crippen molar-refractivity contribution in [3.8, 4) is 0 Å². The van der Waals surface area contributed by atoms with Gasteiger partial charge in [-0.1, -0.05) is 0 Å². The molecule has 1 fully saturated rings. The number of hydrogen-bond acceptors (Lipinski definition) is 3. The van der Waals surface area contributed by atoms with Crippen LogP contribution in [-0.4, -0.2) is 34.6 Å². The van der Waals surface area contributed by atoms with Crippen molar-refractivity contribution >= 4 is 12.0 Å². The lowest BCUT2D eigenvalue weighted by Gasteiger charge is -2.42. The van der Waals surface area contributed by atoms with Crippen molar-refractivity contribution in [3.05, 3.63) is 5.57 Å². The Morgan fingerprint density at radius 2 is 2.00 bits per heavy atom. The van der Waals surface area contributed by atoms with E-state index in [1.165, 1.54) is 0 Å². The van der Waals surface area contributed by atoms with Crippen LogP contribution in [0.5, 0.6) is 0 Å². The Labute approximate surface area is 103 Å². The first kappa shape index (κ1) is 13.8. The van der Waals surface area contributed by atoms with Crippen LogP contribution in [0.2, 0.25) is 0 Å². The smallest absolute Gasteiger partial charge is 0.410 e. The third-order valence-electron chi connectivity index (χ3n) is 2.77. The number of nitrogens with zero attached hydrogens (tertiary/aromatic N) is 1. The maximum absolute atomic E-state index is 12.0. The minimum atomic E-state index is -0.492. The second-order valence-corrected chi connectivity index (χ2v) is 6.08. The third-order valence-corrected chi connectivity index (χ3v) is 2.77. The average molecular weight is 239 g/mol. The van der Waals surface area contributed by atoms with E-state index in [1.807, 2.05) is 40.6 Å². The van der Waals surface area contributed by atoms with E-state index < -0.39 is 5.60 Å². The van der Waals surface area contributed by atoms with Gasteiger partial charge < -0.3 is 9.64 Å². The molecular weight excluding hydrogens is 218 g/mol. The first-order chi connectivity index (χ1) is 7.65. The van der Waals surface area contributed by atoms with Crippen LogP contribution in [0.25, 0.3) is 0 Å². The van der Waals surface area contributed by atoms with Gasteiger partial charge in [0.15, 0.2) is 0 Å². The number of ether oxygens (including phenoxy) is 1. The van der Waals surface area contributed by atoms with Gasteiger partial charge in [0.05, 0.1) is 0 Å². The molecule has 96 valence electrons. The topological polar surface area (TPSA) is 46.6 Å². The van der Waals surface area contributed by atoms with Gasteiger partial charge in [0.25, 0.3) is 0 Å². The number of hydrogen-bond donors (Lipinski definition) is 0. The zero-order valence-corrected chi connectivity index (χ0v) is 11.3. The van der Waals surface area contributed by atoms with Gasteiger partial charge >= 0.3 is 6.09 Å². The molecule has 0 unspecified atom stereocenters. The number of amides is 1. The Kier molecular flexibility index (Phi) is 3.68. The van der Waals surface area contributed by atoms with Crippen molar-refractivity contribution < 1.29 is 14.3 Å². The molecule has 4 nitrogen and oxygen atoms in total. The number of likely N-dealkylation sites (tertiary alicyclic amines) is 1. The molecule has 0 aliphatic carbocycles. The fraction of sp³-hybridized carbons (Fsp3) is 0.769. The highest BCUT2D eigenvalue weighted by Crippen LogP contribution is 2.31. The van der Waals surface area contributed by atoms with Gasteiger partial charge in [0.1, 0.15) is 11.5 Å². The molecule has 1 saturated heterocycles. The van der Waals surface area contributed by atoms with Gasteiger partial charge in [0, 0.05) is 24.1 Å². The molecule has 0 aromatic rings. The predicted molar refractivity (Wildman–Crippen MR) is 65.5 cm³/mol. The standard InChI is InChI=1S/C13H21NO3/c1-12(2,3)17-11(16)14-7-6-10(9-15)8-13(14,4)5/h6-8H2,1-5H3. The number of carbonyl (C=O) groups excluding carboxylic acids is 2. The third kappa shape index (κ3) is 3.60. The van der Waals surface area contributed by atoms with E-state index in [4.69, 9.17) is 4.74 Å². The summed E-state index contributed by atoms with van der Waals surface area (Å²) in [6.07, 6.45) is 0.842. The van der Waals surface area contributed by atoms with E-state index in [9.17, 15) is 9.59 Å². The number of rotatable bonds is 0. The van der Waals surface area contributed by atoms with Gasteiger partial charge in [-0.3, -0.25) is 0 Å². The quantitative estimate of drug-likeness (QED) is 0.610. The minimum Gasteiger partial charge on any atom is -0.444 e. The van der Waals surface area contributed by atoms with Crippen molar-refractivity contribution in [3.63, 3.8) is 0 Å². The summed E-state index contributed by atoms with van der Waals surface area (Å²) < 4.78 is 5.36. The molecule has 0 aromatic heterocycles. The van der Waals surface area contributed by atoms with E-state index in [-0.39, 0.29) is 11.6 Å². The van der Waals surface area contributed by atoms with Gasteiger partial charge in [-0.2, -0.15) is 0 Å². The highest BCUT2D eigenvalue weighted by Gasteiger charge is 2.37. The van der Waals surface area contributed by atoms with Crippen LogP contribution in [-0.2, 0) is 9.53 Å². The Morgan fingerprint density at radius 3 is 2.41 bits per heavy atom. The molecular formula is C13H21NO3. The minimum absolute atomic E-state index is 0.313. The zero-order valence-electron chi connectivity index (χ0n) is 11.3. The summed E-state index contributed by atoms with van der Waals surface area (Å²) in [6, 6.07) is 0. The molecule has 0 atom stereocenters. The van der Waals surface area contributed by atoms with E-state index in [0.29, 0.717) is 19.4 Å². The summed E-state index contributed by atoms with van der Waals surface area (Å²) in [5.74, 6) is 1.96. The highest BCUT2D eigenvalue weighted by molar-refractivity contribution is 5.70. The predicted octanol–water partition coefficient (Wildman–Crippen LogP) is 2.55. The van der Waals surface area contributed by atoms with Crippen LogP contribution in [0.4, 0.5) is 4.79 Å². The summed E-state index contributed by atoms with van der Waals surface area (Å²) in [7, 11) is 0. The second-order valence-electron chi connectivity index (χ2n) is 6.08. The molecule has 1 aliphatic rings. The van der Waals surface area contributed by atoms with Crippen LogP contribution in [0.1, 0.15) is 47.5 Å². The Morgan fingerprint density at radius 1 is 1.41 bits per heavy atom. The molecule has 0 saturated carbocycles. The number of piperidine rings is 1. The largest absolute Gasteiger partial charge is 0.444 e. The van der Waals surface area contributed by atoms with Gasteiger partial charge in [-0.25, -0.2) is 9.59 Å². The number of carbonyl (C=O) groups is 1. The molecule has 4 heteroatoms. The SMILES string of the molecule is CC(C)(C)OC(=O)N1CCC(=C=O)CC1(C)C. The average Bonchev–Trinajstić information content (AvgIpc) is 2.12. The van der Waals surface area contributed by atoms with Crippen molar-refractivity contribution in [2.45, 2.75) is 58.6 Å². The summed E-state index contributed by atoms with van der Waals surface area (Å²) in [5, 5.41) is 0. The van der Waals surface area contributed by atoms with Crippen LogP contribution < -0.4 is 0 Å². The van der Waals surface area contributed by atoms with Crippen molar-refractivity contribution in [1.29, 1.82) is 0 Å². The fourth-order valence-corrected chi connectivity index (χ4v) is 2.00. The normalized spacial score (nSPS) is 19.8. The van der Waals surface area contributed by atoms with Crippen LogP contribution in [0, 0.1) is 0 Å². The molecule has 0 aromatic carbocycles. The van der Waals surface area contributed by atoms with Crippen LogP contribution in [0.15, 0.2) is 5.57 Å². The maximum Gasteiger partial charge on any atom is 0.410 e. The van der Waals surface area contributed by atoms with E-state index in [2.05, 4.69) is 0 Å². The molecule has 0 bridgehead atoms. The van der Waals surface area contributed by atoms with Crippen molar-refractivity contribution in [1.82, 2.24) is 4.90 Å². The molecule has 17 heavy (non-hydrogen) atoms. The van der Waals surface area contributed by atoms with Crippen molar-refractivity contribution in [2.24, 2.45) is 0 Å². The molecule has 1 rings (SSSR count). The summed E-state index contributed by atoms with van der Waals surface area (Å²) >= 11 is 0. The van der Waals surface area contributed by atoms with Crippen LogP contribution in [0.3, 0.4) is 0 Å². The molecule has 0 N–H and O–H groups in total. The lowest BCUT2D eigenvalue weighted by atomic mass is 9.88. The summed E-state index contributed by atoms with van der Waals surface area (Å²) in [5.41, 5.74) is -0.129. The Hall–Kier alpha value is -1.28. The molecule has 0 spiro atoms. The first-order valence-electron chi connectivity index (χ1n) is 5.89. The van der Waals surface area contributed by atoms with Crippen LogP contribution >= 0.6 is 0 Å². The lowest BCUT2D eigenvalue weighted by molar-refractivity contribution is -0.000844. The second kappa shape index (κ2) is 4.53. The highest BCUT2D eigenvalue weighted by atomic mass is 16.6. The molecule has 0 radical (unpaired) electrons. The fourth-order valence-electron chi connectivity index (χ4n) is 2.00. The van der Waals surface area contributed by atoms with Gasteiger partial charge in [-0.15, -0.1) is 0 Å². The maximum atomic E-state index is 12.0. The lowest BCUT2D eigenvalue weighted by Crippen LogP contribution is -2.52. The van der Waals surface area contributed by atoms with Gasteiger partial charge in [-0.05, 0) is 41.0 Å². The zero-order chi connectivity index (χ0) is 13.3. The Bertz CT molecular complexity index is 359. The van der Waals surface area contributed by atoms with E-state index >= 15 is 0 Å². The monoisotopic (exact) mass is 239 g/mol. The molecule has 1 heterocycles. The molecule has 1 amide bonds.